The van der Waals surface area contributed by atoms with Gasteiger partial charge in [0.2, 0.25) is 0 Å². The van der Waals surface area contributed by atoms with Gasteiger partial charge in [0.1, 0.15) is 0 Å². The number of aliphatic hydroxyl groups is 1. The molecule has 0 saturated carbocycles. The van der Waals surface area contributed by atoms with Crippen LogP contribution in [-0.2, 0) is 6.61 Å². The number of aliphatic hydroxyl groups excluding tert-OH is 1. The predicted octanol–water partition coefficient (Wildman–Crippen LogP) is 3.63. The molecule has 0 aromatic heterocycles. The zero-order chi connectivity index (χ0) is 12.5. The van der Waals surface area contributed by atoms with Gasteiger partial charge in [-0.25, -0.2) is 0 Å². The monoisotopic (exact) mass is 257 g/mol. The second-order valence-corrected chi connectivity index (χ2v) is 5.44. The molecule has 92 valence electrons. The molecule has 0 fully saturated rings. The van der Waals surface area contributed by atoms with E-state index in [2.05, 4.69) is 36.5 Å². The van der Waals surface area contributed by atoms with Crippen LogP contribution in [-0.4, -0.2) is 11.0 Å². The number of hydrogen-bond donors (Lipinski definition) is 2. The lowest BCUT2D eigenvalue weighted by Crippen LogP contribution is -1.92. The third-order valence-corrected chi connectivity index (χ3v) is 4.34. The molecule has 2 aromatic rings. The molecule has 1 aliphatic rings. The minimum absolute atomic E-state index is 0.0981. The number of rotatable bonds is 2. The molecule has 1 heterocycles. The van der Waals surface area contributed by atoms with E-state index in [-0.39, 0.29) is 6.61 Å². The van der Waals surface area contributed by atoms with Crippen molar-refractivity contribution >= 4 is 17.4 Å². The van der Waals surface area contributed by atoms with E-state index in [4.69, 9.17) is 0 Å². The zero-order valence-corrected chi connectivity index (χ0v) is 11.1. The van der Waals surface area contributed by atoms with E-state index in [0.29, 0.717) is 0 Å². The van der Waals surface area contributed by atoms with Crippen LogP contribution in [0.3, 0.4) is 0 Å². The van der Waals surface area contributed by atoms with Gasteiger partial charge < -0.3 is 10.4 Å². The van der Waals surface area contributed by atoms with Crippen LogP contribution in [0.4, 0.5) is 5.69 Å². The molecule has 18 heavy (non-hydrogen) atoms. The van der Waals surface area contributed by atoms with Gasteiger partial charge in [0.05, 0.1) is 12.5 Å². The Bertz CT molecular complexity index is 595. The van der Waals surface area contributed by atoms with Gasteiger partial charge >= 0.3 is 0 Å². The summed E-state index contributed by atoms with van der Waals surface area (Å²) in [5, 5.41) is 12.7. The Kier molecular flexibility index (Phi) is 3.02. The number of hydrogen-bond acceptors (Lipinski definition) is 3. The Hall–Kier alpha value is -1.45. The molecule has 0 spiro atoms. The van der Waals surface area contributed by atoms with Gasteiger partial charge in [-0.1, -0.05) is 24.3 Å². The second kappa shape index (κ2) is 4.67. The Balaban J connectivity index is 2.10. The first-order chi connectivity index (χ1) is 8.79. The lowest BCUT2D eigenvalue weighted by molar-refractivity contribution is 0.281. The number of nitrogens with one attached hydrogen (secondary N) is 1. The number of fused-ring (bicyclic) bond motifs is 1. The topological polar surface area (TPSA) is 32.3 Å². The van der Waals surface area contributed by atoms with Crippen LogP contribution >= 0.6 is 11.8 Å². The van der Waals surface area contributed by atoms with E-state index < -0.39 is 0 Å². The molecule has 2 N–H and O–H groups in total. The van der Waals surface area contributed by atoms with Gasteiger partial charge in [0, 0.05) is 10.6 Å². The van der Waals surface area contributed by atoms with Crippen LogP contribution in [0.2, 0.25) is 0 Å². The first kappa shape index (κ1) is 11.6. The fourth-order valence-corrected chi connectivity index (χ4v) is 3.20. The second-order valence-electron chi connectivity index (χ2n) is 4.42. The molecule has 0 atom stereocenters. The SMILES string of the molecule is Cc1c(CO)cccc1-c1ccc2c(c1)SCN2. The van der Waals surface area contributed by atoms with Crippen LogP contribution < -0.4 is 5.32 Å². The van der Waals surface area contributed by atoms with Crippen LogP contribution in [0.15, 0.2) is 41.3 Å². The average molecular weight is 257 g/mol. The van der Waals surface area contributed by atoms with Crippen molar-refractivity contribution in [3.63, 3.8) is 0 Å². The Morgan fingerprint density at radius 2 is 2.17 bits per heavy atom. The molecule has 0 saturated heterocycles. The normalized spacial score (nSPS) is 13.2. The summed E-state index contributed by atoms with van der Waals surface area (Å²) >= 11 is 1.83. The number of benzene rings is 2. The summed E-state index contributed by atoms with van der Waals surface area (Å²) < 4.78 is 0. The first-order valence-electron chi connectivity index (χ1n) is 6.00. The number of anilines is 1. The average Bonchev–Trinajstić information content (AvgIpc) is 2.86. The Morgan fingerprint density at radius 1 is 1.28 bits per heavy atom. The Morgan fingerprint density at radius 3 is 3.00 bits per heavy atom. The molecule has 0 unspecified atom stereocenters. The van der Waals surface area contributed by atoms with Crippen LogP contribution in [0.5, 0.6) is 0 Å². The highest BCUT2D eigenvalue weighted by atomic mass is 32.2. The van der Waals surface area contributed by atoms with Gasteiger partial charge in [0.25, 0.3) is 0 Å². The number of thioether (sulfide) groups is 1. The standard InChI is InChI=1S/C15H15NOS/c1-10-12(8-17)3-2-4-13(10)11-5-6-14-15(7-11)18-9-16-14/h2-7,16-17H,8-9H2,1H3. The molecule has 0 radical (unpaired) electrons. The lowest BCUT2D eigenvalue weighted by Gasteiger charge is -2.11. The lowest BCUT2D eigenvalue weighted by atomic mass is 9.96. The van der Waals surface area contributed by atoms with Gasteiger partial charge in [-0.05, 0) is 41.3 Å². The van der Waals surface area contributed by atoms with Gasteiger partial charge in [-0.3, -0.25) is 0 Å². The van der Waals surface area contributed by atoms with Crippen molar-refractivity contribution in [2.24, 2.45) is 0 Å². The van der Waals surface area contributed by atoms with E-state index in [1.165, 1.54) is 21.7 Å². The molecule has 0 bridgehead atoms. The molecule has 0 aliphatic carbocycles. The molecule has 3 rings (SSSR count). The van der Waals surface area contributed by atoms with Gasteiger partial charge in [0.15, 0.2) is 0 Å². The molecule has 1 aliphatic heterocycles. The maximum absolute atomic E-state index is 9.33. The summed E-state index contributed by atoms with van der Waals surface area (Å²) in [6.07, 6.45) is 0. The highest BCUT2D eigenvalue weighted by Gasteiger charge is 2.12. The first-order valence-corrected chi connectivity index (χ1v) is 6.98. The minimum atomic E-state index is 0.0981. The van der Waals surface area contributed by atoms with E-state index in [1.807, 2.05) is 23.9 Å². The van der Waals surface area contributed by atoms with Gasteiger partial charge in [-0.2, -0.15) is 0 Å². The third-order valence-electron chi connectivity index (χ3n) is 3.40. The summed E-state index contributed by atoms with van der Waals surface area (Å²) in [7, 11) is 0. The largest absolute Gasteiger partial charge is 0.392 e. The van der Waals surface area contributed by atoms with Crippen LogP contribution in [0, 0.1) is 6.92 Å². The van der Waals surface area contributed by atoms with Crippen molar-refractivity contribution in [2.75, 3.05) is 11.2 Å². The summed E-state index contributed by atoms with van der Waals surface area (Å²) in [6.45, 7) is 2.17. The van der Waals surface area contributed by atoms with Crippen molar-refractivity contribution in [3.8, 4) is 11.1 Å². The molecular formula is C15H15NOS. The minimum Gasteiger partial charge on any atom is -0.392 e. The fourth-order valence-electron chi connectivity index (χ4n) is 2.31. The molecule has 0 amide bonds. The van der Waals surface area contributed by atoms with E-state index in [9.17, 15) is 5.11 Å². The van der Waals surface area contributed by atoms with E-state index in [0.717, 1.165) is 17.0 Å². The highest BCUT2D eigenvalue weighted by molar-refractivity contribution is 7.99. The van der Waals surface area contributed by atoms with Crippen LogP contribution in [0.25, 0.3) is 11.1 Å². The van der Waals surface area contributed by atoms with Crippen molar-refractivity contribution in [2.45, 2.75) is 18.4 Å². The van der Waals surface area contributed by atoms with Gasteiger partial charge in [-0.15, -0.1) is 11.8 Å². The van der Waals surface area contributed by atoms with Crippen molar-refractivity contribution in [1.29, 1.82) is 0 Å². The maximum atomic E-state index is 9.33. The van der Waals surface area contributed by atoms with Crippen LogP contribution in [0.1, 0.15) is 11.1 Å². The molecule has 3 heteroatoms. The quantitative estimate of drug-likeness (QED) is 0.861. The maximum Gasteiger partial charge on any atom is 0.0684 e. The third kappa shape index (κ3) is 1.89. The van der Waals surface area contributed by atoms with Crippen molar-refractivity contribution < 1.29 is 5.11 Å². The van der Waals surface area contributed by atoms with Crippen molar-refractivity contribution in [3.05, 3.63) is 47.5 Å². The molecular weight excluding hydrogens is 242 g/mol. The summed E-state index contributed by atoms with van der Waals surface area (Å²) in [5.74, 6) is 0.953. The molecule has 2 aromatic carbocycles. The predicted molar refractivity (Wildman–Crippen MR) is 76.9 cm³/mol. The summed E-state index contributed by atoms with van der Waals surface area (Å²) in [6, 6.07) is 12.6. The Labute approximate surface area is 111 Å². The summed E-state index contributed by atoms with van der Waals surface area (Å²) in [5.41, 5.74) is 5.81. The van der Waals surface area contributed by atoms with Crippen molar-refractivity contribution in [1.82, 2.24) is 0 Å². The highest BCUT2D eigenvalue weighted by Crippen LogP contribution is 2.37. The van der Waals surface area contributed by atoms with E-state index >= 15 is 0 Å². The zero-order valence-electron chi connectivity index (χ0n) is 10.2. The fraction of sp³-hybridized carbons (Fsp3) is 0.200. The smallest absolute Gasteiger partial charge is 0.0684 e. The summed E-state index contributed by atoms with van der Waals surface area (Å²) in [4.78, 5) is 1.31. The molecule has 2 nitrogen and oxygen atoms in total. The van der Waals surface area contributed by atoms with E-state index in [1.54, 1.807) is 0 Å².